The fourth-order valence-electron chi connectivity index (χ4n) is 12.2. The number of aliphatic hydroxyl groups excluding tert-OH is 2. The third-order valence-electron chi connectivity index (χ3n) is 14.1. The van der Waals surface area contributed by atoms with Crippen molar-refractivity contribution in [1.29, 1.82) is 0 Å². The summed E-state index contributed by atoms with van der Waals surface area (Å²) in [6.07, 6.45) is 3.66. The summed E-state index contributed by atoms with van der Waals surface area (Å²) in [6, 6.07) is 1.79. The lowest BCUT2D eigenvalue weighted by Gasteiger charge is -2.67. The zero-order valence-electron chi connectivity index (χ0n) is 26.9. The Hall–Kier alpha value is -2.27. The average molecular weight is 627 g/mol. The maximum atomic E-state index is 15.0. The highest BCUT2D eigenvalue weighted by atomic mass is 16.7. The van der Waals surface area contributed by atoms with E-state index in [1.165, 1.54) is 0 Å². The van der Waals surface area contributed by atoms with Crippen molar-refractivity contribution in [1.82, 2.24) is 0 Å². The molecule has 5 heterocycles. The van der Waals surface area contributed by atoms with E-state index in [0.717, 1.165) is 6.42 Å². The standard InChI is InChI=1S/C35H46O10/c1-18(2)6-11-31(4)23-22(37)24(38)32(5)21(34(23)17-42-29(40)33(28(34)45-31)12-7-19(14-33)15-36)8-10-30(3)25(20-9-13-41-16-20)43-27(39)26-35(30,32)44-26/h9,13,16,18-19,21,23-26,28,36,38H,6-8,10-12,14-15,17H2,1-5H3. The number of furan rings is 1. The minimum Gasteiger partial charge on any atom is -0.472 e. The second-order valence-corrected chi connectivity index (χ2v) is 16.5. The van der Waals surface area contributed by atoms with Gasteiger partial charge in [-0.25, -0.2) is 4.79 Å². The number of Topliss-reactive ketones (excluding diaryl/α,β-unsaturated/α-hetero) is 1. The third-order valence-corrected chi connectivity index (χ3v) is 14.1. The van der Waals surface area contributed by atoms with Gasteiger partial charge in [0.25, 0.3) is 0 Å². The number of hydrogen-bond acceptors (Lipinski definition) is 10. The van der Waals surface area contributed by atoms with Crippen molar-refractivity contribution in [3.8, 4) is 0 Å². The van der Waals surface area contributed by atoms with E-state index in [4.69, 9.17) is 23.4 Å². The second kappa shape index (κ2) is 9.20. The first kappa shape index (κ1) is 30.1. The number of carbonyl (C=O) groups excluding carboxylic acids is 3. The topological polar surface area (TPSA) is 145 Å². The maximum absolute atomic E-state index is 15.0. The monoisotopic (exact) mass is 626 g/mol. The molecule has 0 amide bonds. The van der Waals surface area contributed by atoms with E-state index in [9.17, 15) is 19.8 Å². The van der Waals surface area contributed by atoms with Crippen LogP contribution in [0.2, 0.25) is 0 Å². The minimum absolute atomic E-state index is 0.00968. The summed E-state index contributed by atoms with van der Waals surface area (Å²) in [5, 5.41) is 22.6. The molecule has 7 fully saturated rings. The highest BCUT2D eigenvalue weighted by Gasteiger charge is 2.91. The molecule has 13 unspecified atom stereocenters. The van der Waals surface area contributed by atoms with E-state index in [1.54, 1.807) is 18.6 Å². The molecule has 2 N–H and O–H groups in total. The van der Waals surface area contributed by atoms with Crippen LogP contribution in [0, 0.1) is 45.3 Å². The molecule has 1 aromatic heterocycles. The van der Waals surface area contributed by atoms with Crippen LogP contribution in [-0.4, -0.2) is 70.7 Å². The van der Waals surface area contributed by atoms with Crippen LogP contribution >= 0.6 is 0 Å². The molecule has 1 aromatic rings. The Bertz CT molecular complexity index is 1440. The molecule has 0 radical (unpaired) electrons. The zero-order valence-corrected chi connectivity index (χ0v) is 26.9. The Balaban J connectivity index is 1.32. The van der Waals surface area contributed by atoms with Crippen LogP contribution in [-0.2, 0) is 33.3 Å². The number of ketones is 1. The first-order valence-corrected chi connectivity index (χ1v) is 16.8. The Morgan fingerprint density at radius 3 is 2.49 bits per heavy atom. The molecule has 0 aromatic carbocycles. The van der Waals surface area contributed by atoms with Crippen LogP contribution in [0.1, 0.15) is 91.2 Å². The summed E-state index contributed by atoms with van der Waals surface area (Å²) in [6.45, 7) is 10.2. The molecule has 13 atom stereocenters. The maximum Gasteiger partial charge on any atom is 0.339 e. The Labute approximate surface area is 263 Å². The lowest BCUT2D eigenvalue weighted by atomic mass is 9.35. The predicted octanol–water partition coefficient (Wildman–Crippen LogP) is 3.91. The van der Waals surface area contributed by atoms with E-state index < -0.39 is 69.2 Å². The van der Waals surface area contributed by atoms with Gasteiger partial charge in [-0.1, -0.05) is 27.7 Å². The minimum atomic E-state index is -1.43. The number of esters is 2. The van der Waals surface area contributed by atoms with Crippen molar-refractivity contribution in [3.05, 3.63) is 24.2 Å². The van der Waals surface area contributed by atoms with E-state index >= 15 is 4.79 Å². The van der Waals surface area contributed by atoms with Gasteiger partial charge in [0.15, 0.2) is 11.9 Å². The van der Waals surface area contributed by atoms with E-state index in [0.29, 0.717) is 50.0 Å². The van der Waals surface area contributed by atoms with Gasteiger partial charge in [-0.2, -0.15) is 0 Å². The predicted molar refractivity (Wildman–Crippen MR) is 156 cm³/mol. The van der Waals surface area contributed by atoms with Crippen molar-refractivity contribution in [2.45, 2.75) is 115 Å². The number of ether oxygens (including phenoxy) is 4. The molecule has 10 heteroatoms. The van der Waals surface area contributed by atoms with Gasteiger partial charge in [0, 0.05) is 28.4 Å². The number of hydrogen-bond donors (Lipinski definition) is 2. The molecule has 0 bridgehead atoms. The number of epoxide rings is 1. The largest absolute Gasteiger partial charge is 0.472 e. The van der Waals surface area contributed by atoms with Gasteiger partial charge in [0.05, 0.1) is 35.6 Å². The highest BCUT2D eigenvalue weighted by Crippen LogP contribution is 2.81. The molecule has 3 spiro atoms. The van der Waals surface area contributed by atoms with Crippen molar-refractivity contribution in [3.63, 3.8) is 0 Å². The fraction of sp³-hybridized carbons (Fsp3) is 0.800. The third kappa shape index (κ3) is 3.28. The van der Waals surface area contributed by atoms with Crippen LogP contribution < -0.4 is 0 Å². The molecule has 4 aliphatic heterocycles. The molecule has 10 nitrogen and oxygen atoms in total. The quantitative estimate of drug-likeness (QED) is 0.365. The van der Waals surface area contributed by atoms with Crippen molar-refractivity contribution in [2.75, 3.05) is 13.2 Å². The summed E-state index contributed by atoms with van der Waals surface area (Å²) in [4.78, 5) is 42.5. The lowest BCUT2D eigenvalue weighted by Crippen LogP contribution is -2.77. The van der Waals surface area contributed by atoms with Crippen molar-refractivity contribution >= 4 is 17.7 Å². The Kier molecular flexibility index (Phi) is 6.15. The molecule has 45 heavy (non-hydrogen) atoms. The van der Waals surface area contributed by atoms with Gasteiger partial charge >= 0.3 is 11.9 Å². The van der Waals surface area contributed by atoms with E-state index in [-0.39, 0.29) is 36.8 Å². The summed E-state index contributed by atoms with van der Waals surface area (Å²) in [5.74, 6) is -1.92. The number of cyclic esters (lactones) is 2. The van der Waals surface area contributed by atoms with Crippen LogP contribution in [0.5, 0.6) is 0 Å². The Morgan fingerprint density at radius 1 is 1.04 bits per heavy atom. The number of carbonyl (C=O) groups is 3. The first-order valence-electron chi connectivity index (χ1n) is 16.8. The van der Waals surface area contributed by atoms with E-state index in [1.807, 2.05) is 20.8 Å². The molecular weight excluding hydrogens is 580 g/mol. The lowest BCUT2D eigenvalue weighted by molar-refractivity contribution is -0.264. The highest BCUT2D eigenvalue weighted by molar-refractivity contribution is 5.92. The van der Waals surface area contributed by atoms with Gasteiger partial charge in [0.2, 0.25) is 0 Å². The molecular formula is C35H46O10. The van der Waals surface area contributed by atoms with Gasteiger partial charge in [0.1, 0.15) is 24.4 Å². The fourth-order valence-corrected chi connectivity index (χ4v) is 12.2. The number of aliphatic hydroxyl groups is 2. The van der Waals surface area contributed by atoms with Crippen LogP contribution in [0.15, 0.2) is 23.0 Å². The van der Waals surface area contributed by atoms with E-state index in [2.05, 4.69) is 13.8 Å². The number of fused-ring (bicyclic) bond motifs is 2. The molecule has 4 saturated heterocycles. The molecule has 3 aliphatic carbocycles. The summed E-state index contributed by atoms with van der Waals surface area (Å²) in [7, 11) is 0. The van der Waals surface area contributed by atoms with Gasteiger partial charge in [-0.3, -0.25) is 9.59 Å². The van der Waals surface area contributed by atoms with Crippen LogP contribution in [0.3, 0.4) is 0 Å². The SMILES string of the molecule is CC(C)CCC1(C)OC2C3(CCC(CO)C3)C(=O)OCC23C1C(=O)C(O)C1(C)C3CCC2(C)C(c3ccoc3)OC(=O)C3OC321. The van der Waals surface area contributed by atoms with Crippen molar-refractivity contribution < 1.29 is 48.0 Å². The molecule has 7 aliphatic rings. The van der Waals surface area contributed by atoms with Crippen molar-refractivity contribution in [2.24, 2.45) is 45.3 Å². The first-order chi connectivity index (χ1) is 21.3. The molecule has 8 rings (SSSR count). The summed E-state index contributed by atoms with van der Waals surface area (Å²) in [5.41, 5.74) is -5.31. The average Bonchev–Trinajstić information content (AvgIpc) is 3.29. The van der Waals surface area contributed by atoms with Crippen LogP contribution in [0.25, 0.3) is 0 Å². The zero-order chi connectivity index (χ0) is 31.9. The smallest absolute Gasteiger partial charge is 0.339 e. The van der Waals surface area contributed by atoms with Crippen LogP contribution in [0.4, 0.5) is 0 Å². The number of rotatable bonds is 5. The van der Waals surface area contributed by atoms with Gasteiger partial charge in [-0.15, -0.1) is 0 Å². The van der Waals surface area contributed by atoms with Gasteiger partial charge in [-0.05, 0) is 75.7 Å². The molecule has 246 valence electrons. The summed E-state index contributed by atoms with van der Waals surface area (Å²) >= 11 is 0. The molecule has 3 saturated carbocycles. The Morgan fingerprint density at radius 2 is 1.82 bits per heavy atom. The normalized spacial score (nSPS) is 52.9. The van der Waals surface area contributed by atoms with Gasteiger partial charge < -0.3 is 33.6 Å². The second-order valence-electron chi connectivity index (χ2n) is 16.5. The summed E-state index contributed by atoms with van der Waals surface area (Å²) < 4.78 is 31.4.